The standard InChI is InChI=1S/C16H20N2O/c17-19-16-7-6-12-13(8-16)15(14(12)9-16)18-10-11-4-2-1-3-5-11/h1-6,13-15,18H,7-10,17H2. The number of hydrogen-bond acceptors (Lipinski definition) is 3. The van der Waals surface area contributed by atoms with E-state index in [4.69, 9.17) is 10.7 Å². The molecule has 3 N–H and O–H groups in total. The number of rotatable bonds is 4. The van der Waals surface area contributed by atoms with E-state index in [0.717, 1.165) is 25.8 Å². The van der Waals surface area contributed by atoms with Gasteiger partial charge in [-0.1, -0.05) is 42.0 Å². The number of nitrogens with two attached hydrogens (primary N) is 1. The predicted molar refractivity (Wildman–Crippen MR) is 74.0 cm³/mol. The molecule has 2 atom stereocenters. The Kier molecular flexibility index (Phi) is 2.56. The van der Waals surface area contributed by atoms with Gasteiger partial charge in [0, 0.05) is 12.6 Å². The molecule has 100 valence electrons. The molecular formula is C16H20N2O. The molecule has 0 aliphatic heterocycles. The van der Waals surface area contributed by atoms with Gasteiger partial charge in [-0.3, -0.25) is 4.84 Å². The molecule has 6 rings (SSSR count). The molecule has 3 heteroatoms. The van der Waals surface area contributed by atoms with E-state index in [1.165, 1.54) is 5.56 Å². The van der Waals surface area contributed by atoms with E-state index in [9.17, 15) is 0 Å². The first-order chi connectivity index (χ1) is 9.31. The van der Waals surface area contributed by atoms with Crippen LogP contribution in [0.15, 0.2) is 42.0 Å². The Hall–Kier alpha value is -1.16. The normalized spacial score (nSPS) is 38.8. The van der Waals surface area contributed by atoms with Crippen LogP contribution in [-0.4, -0.2) is 11.6 Å². The summed E-state index contributed by atoms with van der Waals surface area (Å²) in [5.74, 6) is 6.82. The summed E-state index contributed by atoms with van der Waals surface area (Å²) in [5.41, 5.74) is 2.96. The lowest BCUT2D eigenvalue weighted by atomic mass is 9.49. The van der Waals surface area contributed by atoms with Crippen molar-refractivity contribution in [3.8, 4) is 0 Å². The monoisotopic (exact) mass is 256 g/mol. The summed E-state index contributed by atoms with van der Waals surface area (Å²) < 4.78 is 0. The summed E-state index contributed by atoms with van der Waals surface area (Å²) in [6.45, 7) is 0.961. The molecule has 4 bridgehead atoms. The summed E-state index contributed by atoms with van der Waals surface area (Å²) in [4.78, 5) is 5.31. The third-order valence-corrected chi connectivity index (χ3v) is 5.25. The number of benzene rings is 1. The van der Waals surface area contributed by atoms with Gasteiger partial charge in [-0.2, -0.15) is 0 Å². The lowest BCUT2D eigenvalue weighted by Gasteiger charge is -2.61. The van der Waals surface area contributed by atoms with Crippen molar-refractivity contribution < 1.29 is 4.84 Å². The van der Waals surface area contributed by atoms with Crippen LogP contribution in [0.2, 0.25) is 0 Å². The van der Waals surface area contributed by atoms with Gasteiger partial charge in [0.2, 0.25) is 0 Å². The minimum absolute atomic E-state index is 0.0536. The molecule has 5 aliphatic rings. The van der Waals surface area contributed by atoms with Crippen LogP contribution >= 0.6 is 0 Å². The van der Waals surface area contributed by atoms with Crippen molar-refractivity contribution in [3.63, 3.8) is 0 Å². The van der Waals surface area contributed by atoms with Crippen molar-refractivity contribution in [1.29, 1.82) is 0 Å². The van der Waals surface area contributed by atoms with Gasteiger partial charge >= 0.3 is 0 Å². The van der Waals surface area contributed by atoms with E-state index in [1.54, 1.807) is 5.57 Å². The highest BCUT2D eigenvalue weighted by atomic mass is 16.6. The topological polar surface area (TPSA) is 47.3 Å². The van der Waals surface area contributed by atoms with Crippen LogP contribution in [0.25, 0.3) is 0 Å². The third-order valence-electron chi connectivity index (χ3n) is 5.25. The highest BCUT2D eigenvalue weighted by Crippen LogP contribution is 2.59. The minimum atomic E-state index is -0.0536. The molecule has 0 amide bonds. The van der Waals surface area contributed by atoms with Gasteiger partial charge < -0.3 is 5.32 Å². The summed E-state index contributed by atoms with van der Waals surface area (Å²) in [6.07, 6.45) is 5.57. The maximum atomic E-state index is 5.52. The molecule has 19 heavy (non-hydrogen) atoms. The Balaban J connectivity index is 1.44. The fourth-order valence-corrected chi connectivity index (χ4v) is 4.26. The van der Waals surface area contributed by atoms with Crippen molar-refractivity contribution in [3.05, 3.63) is 47.5 Å². The first-order valence-electron chi connectivity index (χ1n) is 7.16. The molecule has 3 nitrogen and oxygen atoms in total. The molecule has 5 aliphatic carbocycles. The van der Waals surface area contributed by atoms with Crippen molar-refractivity contribution in [2.45, 2.75) is 37.5 Å². The second-order valence-corrected chi connectivity index (χ2v) is 6.22. The smallest absolute Gasteiger partial charge is 0.0940 e. The highest BCUT2D eigenvalue weighted by molar-refractivity contribution is 5.36. The predicted octanol–water partition coefficient (Wildman–Crippen LogP) is 2.14. The summed E-state index contributed by atoms with van der Waals surface area (Å²) >= 11 is 0. The molecule has 1 aromatic rings. The van der Waals surface area contributed by atoms with E-state index in [1.807, 2.05) is 0 Å². The minimum Gasteiger partial charge on any atom is -0.309 e. The Morgan fingerprint density at radius 1 is 1.21 bits per heavy atom. The number of fused-ring (bicyclic) bond motifs is 1. The lowest BCUT2D eigenvalue weighted by Crippen LogP contribution is -2.65. The van der Waals surface area contributed by atoms with Crippen LogP contribution in [0.4, 0.5) is 0 Å². The molecule has 0 heterocycles. The molecular weight excluding hydrogens is 236 g/mol. The fraction of sp³-hybridized carbons (Fsp3) is 0.500. The van der Waals surface area contributed by atoms with Crippen LogP contribution in [0.3, 0.4) is 0 Å². The summed E-state index contributed by atoms with van der Waals surface area (Å²) in [7, 11) is 0. The van der Waals surface area contributed by atoms with Gasteiger partial charge in [0.25, 0.3) is 0 Å². The SMILES string of the molecule is NOC12CC=C3C(C1)C(NCc1ccccc1)C3C2. The highest BCUT2D eigenvalue weighted by Gasteiger charge is 2.59. The maximum Gasteiger partial charge on any atom is 0.0940 e. The first-order valence-corrected chi connectivity index (χ1v) is 7.16. The van der Waals surface area contributed by atoms with Crippen LogP contribution in [0.5, 0.6) is 0 Å². The average Bonchev–Trinajstić information content (AvgIpc) is 2.49. The summed E-state index contributed by atoms with van der Waals surface area (Å²) in [5, 5.41) is 3.73. The van der Waals surface area contributed by atoms with E-state index < -0.39 is 0 Å². The number of nitrogens with one attached hydrogen (secondary N) is 1. The quantitative estimate of drug-likeness (QED) is 0.641. The second kappa shape index (κ2) is 4.17. The Labute approximate surface area is 113 Å². The largest absolute Gasteiger partial charge is 0.309 e. The molecule has 2 unspecified atom stereocenters. The van der Waals surface area contributed by atoms with Gasteiger partial charge in [0.1, 0.15) is 0 Å². The van der Waals surface area contributed by atoms with Gasteiger partial charge in [-0.15, -0.1) is 0 Å². The first kappa shape index (κ1) is 11.6. The molecule has 1 aromatic carbocycles. The van der Waals surface area contributed by atoms with Crippen molar-refractivity contribution in [2.24, 2.45) is 17.7 Å². The van der Waals surface area contributed by atoms with Crippen molar-refractivity contribution in [2.75, 3.05) is 0 Å². The Morgan fingerprint density at radius 2 is 1.95 bits per heavy atom. The Morgan fingerprint density at radius 3 is 2.63 bits per heavy atom. The lowest BCUT2D eigenvalue weighted by molar-refractivity contribution is -0.131. The van der Waals surface area contributed by atoms with Gasteiger partial charge in [-0.05, 0) is 36.7 Å². The third kappa shape index (κ3) is 1.69. The van der Waals surface area contributed by atoms with E-state index in [0.29, 0.717) is 17.9 Å². The molecule has 0 aromatic heterocycles. The zero-order valence-electron chi connectivity index (χ0n) is 11.0. The van der Waals surface area contributed by atoms with Gasteiger partial charge in [0.05, 0.1) is 5.60 Å². The van der Waals surface area contributed by atoms with E-state index in [2.05, 4.69) is 41.7 Å². The van der Waals surface area contributed by atoms with Gasteiger partial charge in [-0.25, -0.2) is 5.90 Å². The molecule has 3 fully saturated rings. The zero-order valence-corrected chi connectivity index (χ0v) is 11.0. The second-order valence-electron chi connectivity index (χ2n) is 6.22. The van der Waals surface area contributed by atoms with E-state index in [-0.39, 0.29) is 5.60 Å². The average molecular weight is 256 g/mol. The maximum absolute atomic E-state index is 5.52. The molecule has 0 radical (unpaired) electrons. The molecule has 3 saturated carbocycles. The molecule has 0 spiro atoms. The summed E-state index contributed by atoms with van der Waals surface area (Å²) in [6, 6.07) is 11.2. The molecule has 0 saturated heterocycles. The number of hydrogen-bond donors (Lipinski definition) is 2. The van der Waals surface area contributed by atoms with Crippen LogP contribution in [0.1, 0.15) is 24.8 Å². The van der Waals surface area contributed by atoms with Crippen LogP contribution < -0.4 is 11.2 Å². The zero-order chi connectivity index (χ0) is 12.9. The van der Waals surface area contributed by atoms with E-state index >= 15 is 0 Å². The van der Waals surface area contributed by atoms with Crippen LogP contribution in [-0.2, 0) is 11.4 Å². The Bertz CT molecular complexity index is 495. The van der Waals surface area contributed by atoms with Crippen molar-refractivity contribution in [1.82, 2.24) is 5.32 Å². The van der Waals surface area contributed by atoms with Gasteiger partial charge in [0.15, 0.2) is 0 Å². The fourth-order valence-electron chi connectivity index (χ4n) is 4.26. The van der Waals surface area contributed by atoms with Crippen molar-refractivity contribution >= 4 is 0 Å². The van der Waals surface area contributed by atoms with Crippen LogP contribution in [0, 0.1) is 11.8 Å².